The minimum atomic E-state index is -0.365. The molecule has 0 aliphatic carbocycles. The van der Waals surface area contributed by atoms with Crippen LogP contribution in [-0.2, 0) is 4.74 Å². The van der Waals surface area contributed by atoms with Gasteiger partial charge in [-0.15, -0.1) is 22.7 Å². The number of ether oxygens (including phenoxy) is 1. The Morgan fingerprint density at radius 2 is 1.92 bits per heavy atom. The molecule has 0 bridgehead atoms. The molecule has 4 nitrogen and oxygen atoms in total. The van der Waals surface area contributed by atoms with E-state index in [2.05, 4.69) is 6.07 Å². The first-order valence-corrected chi connectivity index (χ1v) is 9.36. The van der Waals surface area contributed by atoms with E-state index in [1.807, 2.05) is 19.1 Å². The highest BCUT2D eigenvalue weighted by Crippen LogP contribution is 2.35. The minimum absolute atomic E-state index is 0.0670. The van der Waals surface area contributed by atoms with Crippen molar-refractivity contribution in [1.82, 2.24) is 0 Å². The number of hydrogen-bond donors (Lipinski definition) is 0. The molecule has 0 N–H and O–H groups in total. The second-order valence-corrected chi connectivity index (χ2v) is 7.86. The van der Waals surface area contributed by atoms with E-state index in [0.717, 1.165) is 15.0 Å². The van der Waals surface area contributed by atoms with Gasteiger partial charge in [-0.3, -0.25) is 4.79 Å². The first kappa shape index (κ1) is 17.3. The highest BCUT2D eigenvalue weighted by molar-refractivity contribution is 7.39. The molecule has 1 aromatic carbocycles. The lowest BCUT2D eigenvalue weighted by molar-refractivity contribution is 0.0606. The van der Waals surface area contributed by atoms with E-state index in [1.165, 1.54) is 29.8 Å². The molecule has 0 saturated carbocycles. The van der Waals surface area contributed by atoms with Crippen molar-refractivity contribution >= 4 is 43.8 Å². The monoisotopic (exact) mass is 369 g/mol. The Balaban J connectivity index is 1.92. The van der Waals surface area contributed by atoms with Gasteiger partial charge in [-0.1, -0.05) is 25.1 Å². The Morgan fingerprint density at radius 1 is 1.20 bits per heavy atom. The highest BCUT2D eigenvalue weighted by Gasteiger charge is 2.18. The number of carbonyl (C=O) groups is 2. The number of fused-ring (bicyclic) bond motifs is 1. The largest absolute Gasteiger partial charge is 0.465 e. The van der Waals surface area contributed by atoms with Crippen LogP contribution in [0.2, 0.25) is 0 Å². The van der Waals surface area contributed by atoms with Gasteiger partial charge in [0, 0.05) is 10.9 Å². The van der Waals surface area contributed by atoms with E-state index in [4.69, 9.17) is 4.74 Å². The average molecular weight is 369 g/mol. The SMILES string of the molecule is CCC(C#N)c1cccc(C(=O)c2cc3cc(C(=O)OC)sc3s2)c1. The summed E-state index contributed by atoms with van der Waals surface area (Å²) in [5.74, 6) is -0.638. The zero-order valence-electron chi connectivity index (χ0n) is 13.7. The van der Waals surface area contributed by atoms with Gasteiger partial charge in [-0.05, 0) is 30.2 Å². The summed E-state index contributed by atoms with van der Waals surface area (Å²) in [6, 6.07) is 13.1. The van der Waals surface area contributed by atoms with Crippen LogP contribution in [0.4, 0.5) is 0 Å². The summed E-state index contributed by atoms with van der Waals surface area (Å²) in [5, 5.41) is 10.1. The fraction of sp³-hybridized carbons (Fsp3) is 0.211. The molecule has 2 heterocycles. The summed E-state index contributed by atoms with van der Waals surface area (Å²) >= 11 is 2.70. The number of nitrogens with zero attached hydrogens (tertiary/aromatic N) is 1. The molecule has 25 heavy (non-hydrogen) atoms. The van der Waals surface area contributed by atoms with Crippen molar-refractivity contribution in [2.75, 3.05) is 7.11 Å². The van der Waals surface area contributed by atoms with Gasteiger partial charge in [-0.25, -0.2) is 4.79 Å². The predicted octanol–water partition coefficient (Wildman–Crippen LogP) is 5.00. The van der Waals surface area contributed by atoms with E-state index in [1.54, 1.807) is 24.3 Å². The molecule has 1 atom stereocenters. The van der Waals surface area contributed by atoms with Gasteiger partial charge >= 0.3 is 5.97 Å². The topological polar surface area (TPSA) is 67.2 Å². The van der Waals surface area contributed by atoms with Crippen molar-refractivity contribution in [2.24, 2.45) is 0 Å². The number of thiophene rings is 2. The fourth-order valence-electron chi connectivity index (χ4n) is 2.59. The Labute approximate surface area is 153 Å². The molecule has 0 amide bonds. The Bertz CT molecular complexity index is 962. The maximum absolute atomic E-state index is 12.8. The van der Waals surface area contributed by atoms with Crippen LogP contribution in [0.3, 0.4) is 0 Å². The summed E-state index contributed by atoms with van der Waals surface area (Å²) in [4.78, 5) is 25.5. The number of methoxy groups -OCH3 is 1. The van der Waals surface area contributed by atoms with E-state index in [9.17, 15) is 14.9 Å². The van der Waals surface area contributed by atoms with Crippen LogP contribution in [0.1, 0.15) is 49.7 Å². The van der Waals surface area contributed by atoms with Gasteiger partial charge in [-0.2, -0.15) is 5.26 Å². The molecule has 0 fully saturated rings. The first-order chi connectivity index (χ1) is 12.1. The molecule has 0 saturated heterocycles. The maximum atomic E-state index is 12.8. The van der Waals surface area contributed by atoms with E-state index in [0.29, 0.717) is 21.7 Å². The highest BCUT2D eigenvalue weighted by atomic mass is 32.2. The zero-order chi connectivity index (χ0) is 18.0. The lowest BCUT2D eigenvalue weighted by Gasteiger charge is -2.07. The standard InChI is InChI=1S/C19H15NO3S2/c1-3-11(10-20)12-5-4-6-13(7-12)17(21)15-8-14-9-16(18(22)23-2)25-19(14)24-15/h4-9,11H,3H2,1-2H3. The zero-order valence-corrected chi connectivity index (χ0v) is 15.4. The van der Waals surface area contributed by atoms with Crippen molar-refractivity contribution in [3.63, 3.8) is 0 Å². The summed E-state index contributed by atoms with van der Waals surface area (Å²) in [6.45, 7) is 1.95. The molecule has 2 aromatic heterocycles. The first-order valence-electron chi connectivity index (χ1n) is 7.73. The number of nitriles is 1. The van der Waals surface area contributed by atoms with Gasteiger partial charge in [0.1, 0.15) is 4.88 Å². The van der Waals surface area contributed by atoms with Gasteiger partial charge in [0.15, 0.2) is 0 Å². The summed E-state index contributed by atoms with van der Waals surface area (Å²) < 4.78 is 5.64. The number of ketones is 1. The number of benzene rings is 1. The summed E-state index contributed by atoms with van der Waals surface area (Å²) in [7, 11) is 1.35. The number of rotatable bonds is 5. The second kappa shape index (κ2) is 7.18. The Hall–Kier alpha value is -2.49. The van der Waals surface area contributed by atoms with Crippen molar-refractivity contribution < 1.29 is 14.3 Å². The smallest absolute Gasteiger partial charge is 0.348 e. The van der Waals surface area contributed by atoms with E-state index >= 15 is 0 Å². The van der Waals surface area contributed by atoms with Crippen LogP contribution in [0.25, 0.3) is 9.40 Å². The molecule has 126 valence electrons. The van der Waals surface area contributed by atoms with Gasteiger partial charge in [0.05, 0.1) is 28.0 Å². The molecule has 6 heteroatoms. The van der Waals surface area contributed by atoms with Crippen LogP contribution in [0, 0.1) is 11.3 Å². The molecular formula is C19H15NO3S2. The molecule has 3 rings (SSSR count). The second-order valence-electron chi connectivity index (χ2n) is 5.50. The Morgan fingerprint density at radius 3 is 2.56 bits per heavy atom. The van der Waals surface area contributed by atoms with Crippen LogP contribution in [0.15, 0.2) is 36.4 Å². The van der Waals surface area contributed by atoms with Crippen LogP contribution in [-0.4, -0.2) is 18.9 Å². The Kier molecular flexibility index (Phi) is 4.98. The number of hydrogen-bond acceptors (Lipinski definition) is 6. The molecule has 0 aliphatic rings. The van der Waals surface area contributed by atoms with Crippen molar-refractivity contribution in [3.8, 4) is 6.07 Å². The minimum Gasteiger partial charge on any atom is -0.465 e. The lowest BCUT2D eigenvalue weighted by Crippen LogP contribution is -2.01. The maximum Gasteiger partial charge on any atom is 0.348 e. The quantitative estimate of drug-likeness (QED) is 0.469. The molecule has 0 spiro atoms. The van der Waals surface area contributed by atoms with Gasteiger partial charge < -0.3 is 4.74 Å². The third kappa shape index (κ3) is 3.34. The van der Waals surface area contributed by atoms with Crippen molar-refractivity contribution in [1.29, 1.82) is 5.26 Å². The van der Waals surface area contributed by atoms with Crippen molar-refractivity contribution in [2.45, 2.75) is 19.3 Å². The number of carbonyl (C=O) groups excluding carboxylic acids is 2. The fourth-order valence-corrected chi connectivity index (χ4v) is 4.92. The predicted molar refractivity (Wildman–Crippen MR) is 99.6 cm³/mol. The van der Waals surface area contributed by atoms with Gasteiger partial charge in [0.25, 0.3) is 0 Å². The normalized spacial score (nSPS) is 11.9. The summed E-state index contributed by atoms with van der Waals surface area (Å²) in [5.41, 5.74) is 1.44. The third-order valence-corrected chi connectivity index (χ3v) is 6.31. The lowest BCUT2D eigenvalue weighted by atomic mass is 9.95. The molecule has 3 aromatic rings. The van der Waals surface area contributed by atoms with Crippen LogP contribution >= 0.6 is 22.7 Å². The molecule has 1 unspecified atom stereocenters. The third-order valence-electron chi connectivity index (χ3n) is 3.94. The van der Waals surface area contributed by atoms with Crippen LogP contribution in [0.5, 0.6) is 0 Å². The number of esters is 1. The van der Waals surface area contributed by atoms with E-state index < -0.39 is 0 Å². The van der Waals surface area contributed by atoms with Crippen LogP contribution < -0.4 is 0 Å². The van der Waals surface area contributed by atoms with Gasteiger partial charge in [0.2, 0.25) is 5.78 Å². The summed E-state index contributed by atoms with van der Waals surface area (Å²) in [6.07, 6.45) is 0.708. The average Bonchev–Trinajstić information content (AvgIpc) is 3.21. The van der Waals surface area contributed by atoms with Crippen molar-refractivity contribution in [3.05, 3.63) is 57.3 Å². The molecular weight excluding hydrogens is 354 g/mol. The van der Waals surface area contributed by atoms with E-state index in [-0.39, 0.29) is 17.7 Å². The molecule has 0 aliphatic heterocycles. The molecule has 0 radical (unpaired) electrons.